The van der Waals surface area contributed by atoms with Crippen LogP contribution in [0.3, 0.4) is 0 Å². The van der Waals surface area contributed by atoms with E-state index in [1.807, 2.05) is 56.0 Å². The Labute approximate surface area is 296 Å². The number of fused-ring (bicyclic) bond motifs is 1. The summed E-state index contributed by atoms with van der Waals surface area (Å²) in [5.41, 5.74) is 4.09. The summed E-state index contributed by atoms with van der Waals surface area (Å²) in [4.78, 5) is 41.3. The van der Waals surface area contributed by atoms with Crippen LogP contribution in [0, 0.1) is 18.7 Å². The monoisotopic (exact) mass is 690 g/mol. The average Bonchev–Trinajstić information content (AvgIpc) is 3.32. The molecule has 2 aromatic carbocycles. The molecule has 4 rings (SSSR count). The van der Waals surface area contributed by atoms with Gasteiger partial charge >= 0.3 is 6.09 Å². The zero-order valence-electron chi connectivity index (χ0n) is 30.9. The van der Waals surface area contributed by atoms with Crippen molar-refractivity contribution in [3.05, 3.63) is 77.3 Å². The van der Waals surface area contributed by atoms with Crippen LogP contribution in [0.15, 0.2) is 54.6 Å². The third-order valence-corrected chi connectivity index (χ3v) is 9.04. The van der Waals surface area contributed by atoms with Gasteiger partial charge in [-0.05, 0) is 95.0 Å². The van der Waals surface area contributed by atoms with Crippen molar-refractivity contribution in [2.45, 2.75) is 104 Å². The minimum absolute atomic E-state index is 0.0404. The SMILES string of the molecule is C=C(CC(C)C)C(=O)Nc1ccc(CC(CC(=O)N2CCCC(c3c(C)c4cccc(F)c4n3CCCOC)C2)NC(=O)OC(C)(C)C)cc1. The summed E-state index contributed by atoms with van der Waals surface area (Å²) in [5.74, 6) is -0.152. The number of aromatic nitrogens is 1. The topological polar surface area (TPSA) is 102 Å². The number of anilines is 1. The normalized spacial score (nSPS) is 15.6. The summed E-state index contributed by atoms with van der Waals surface area (Å²) in [6.07, 6.45) is 2.96. The lowest BCUT2D eigenvalue weighted by molar-refractivity contribution is -0.133. The highest BCUT2D eigenvalue weighted by molar-refractivity contribution is 6.03. The predicted octanol–water partition coefficient (Wildman–Crippen LogP) is 7.90. The molecule has 2 N–H and O–H groups in total. The number of halogens is 1. The minimum atomic E-state index is -0.697. The Morgan fingerprint density at radius 1 is 1.08 bits per heavy atom. The summed E-state index contributed by atoms with van der Waals surface area (Å²) < 4.78 is 28.2. The first-order chi connectivity index (χ1) is 23.7. The Morgan fingerprint density at radius 3 is 2.46 bits per heavy atom. The second-order valence-electron chi connectivity index (χ2n) is 14.9. The highest BCUT2D eigenvalue weighted by Gasteiger charge is 2.31. The molecule has 1 aliphatic rings. The van der Waals surface area contributed by atoms with Crippen molar-refractivity contribution in [2.24, 2.45) is 5.92 Å². The zero-order valence-corrected chi connectivity index (χ0v) is 30.9. The first-order valence-electron chi connectivity index (χ1n) is 17.8. The summed E-state index contributed by atoms with van der Waals surface area (Å²) in [7, 11) is 1.66. The van der Waals surface area contributed by atoms with Gasteiger partial charge in [-0.25, -0.2) is 9.18 Å². The van der Waals surface area contributed by atoms with Crippen LogP contribution in [-0.2, 0) is 32.0 Å². The van der Waals surface area contributed by atoms with Gasteiger partial charge in [0.05, 0.1) is 5.52 Å². The van der Waals surface area contributed by atoms with Gasteiger partial charge in [-0.1, -0.05) is 44.7 Å². The van der Waals surface area contributed by atoms with E-state index in [0.717, 1.165) is 41.5 Å². The van der Waals surface area contributed by atoms with Crippen molar-refractivity contribution in [3.63, 3.8) is 0 Å². The van der Waals surface area contributed by atoms with E-state index in [-0.39, 0.29) is 30.0 Å². The van der Waals surface area contributed by atoms with Crippen LogP contribution in [0.2, 0.25) is 0 Å². The number of alkyl carbamates (subject to hydrolysis) is 1. The number of methoxy groups -OCH3 is 1. The summed E-state index contributed by atoms with van der Waals surface area (Å²) in [6.45, 7) is 17.7. The van der Waals surface area contributed by atoms with Crippen molar-refractivity contribution in [1.29, 1.82) is 0 Å². The Balaban J connectivity index is 1.51. The molecular formula is C40H55FN4O5. The van der Waals surface area contributed by atoms with Crippen molar-refractivity contribution >= 4 is 34.5 Å². The molecule has 10 heteroatoms. The van der Waals surface area contributed by atoms with E-state index in [0.29, 0.717) is 61.8 Å². The van der Waals surface area contributed by atoms with Crippen molar-refractivity contribution < 1.29 is 28.2 Å². The van der Waals surface area contributed by atoms with Crippen molar-refractivity contribution in [3.8, 4) is 0 Å². The number of benzene rings is 2. The zero-order chi connectivity index (χ0) is 36.6. The molecule has 1 fully saturated rings. The molecule has 3 amide bonds. The van der Waals surface area contributed by atoms with Gasteiger partial charge in [0.1, 0.15) is 11.4 Å². The highest BCUT2D eigenvalue weighted by Crippen LogP contribution is 2.37. The smallest absolute Gasteiger partial charge is 0.407 e. The van der Waals surface area contributed by atoms with Gasteiger partial charge < -0.3 is 29.6 Å². The molecular weight excluding hydrogens is 635 g/mol. The Morgan fingerprint density at radius 2 is 1.80 bits per heavy atom. The van der Waals surface area contributed by atoms with Gasteiger partial charge in [-0.15, -0.1) is 0 Å². The summed E-state index contributed by atoms with van der Waals surface area (Å²) in [6, 6.07) is 12.1. The van der Waals surface area contributed by atoms with E-state index in [1.165, 1.54) is 6.07 Å². The number of hydrogen-bond acceptors (Lipinski definition) is 5. The summed E-state index contributed by atoms with van der Waals surface area (Å²) >= 11 is 0. The molecule has 1 aromatic heterocycles. The van der Waals surface area contributed by atoms with E-state index in [4.69, 9.17) is 9.47 Å². The van der Waals surface area contributed by atoms with Crippen LogP contribution in [-0.4, -0.2) is 65.8 Å². The van der Waals surface area contributed by atoms with Crippen LogP contribution in [0.5, 0.6) is 0 Å². The number of amides is 3. The largest absolute Gasteiger partial charge is 0.444 e. The molecule has 272 valence electrons. The molecule has 2 atom stereocenters. The quantitative estimate of drug-likeness (QED) is 0.132. The van der Waals surface area contributed by atoms with Gasteiger partial charge in [-0.2, -0.15) is 0 Å². The lowest BCUT2D eigenvalue weighted by Crippen LogP contribution is -2.46. The van der Waals surface area contributed by atoms with Gasteiger partial charge in [0.25, 0.3) is 5.91 Å². The Bertz CT molecular complexity index is 1660. The third kappa shape index (κ3) is 10.4. The first-order valence-corrected chi connectivity index (χ1v) is 17.8. The van der Waals surface area contributed by atoms with E-state index >= 15 is 4.39 Å². The number of carbonyl (C=O) groups is 3. The molecule has 1 saturated heterocycles. The molecule has 0 bridgehead atoms. The van der Waals surface area contributed by atoms with Crippen LogP contribution < -0.4 is 10.6 Å². The van der Waals surface area contributed by atoms with Crippen LogP contribution in [0.4, 0.5) is 14.9 Å². The van der Waals surface area contributed by atoms with Crippen LogP contribution >= 0.6 is 0 Å². The van der Waals surface area contributed by atoms with Crippen molar-refractivity contribution in [2.75, 3.05) is 32.1 Å². The molecule has 3 aromatic rings. The number of piperidine rings is 1. The number of nitrogens with zero attached hydrogens (tertiary/aromatic N) is 2. The fraction of sp³-hybridized carbons (Fsp3) is 0.525. The molecule has 2 heterocycles. The molecule has 50 heavy (non-hydrogen) atoms. The first kappa shape index (κ1) is 38.6. The number of rotatable bonds is 14. The molecule has 0 saturated carbocycles. The van der Waals surface area contributed by atoms with Crippen molar-refractivity contribution in [1.82, 2.24) is 14.8 Å². The Kier molecular flexibility index (Phi) is 13.3. The number of aryl methyl sites for hydroxylation is 2. The second-order valence-corrected chi connectivity index (χ2v) is 14.9. The van der Waals surface area contributed by atoms with E-state index < -0.39 is 17.7 Å². The molecule has 0 radical (unpaired) electrons. The number of para-hydroxylation sites is 1. The molecule has 1 aliphatic heterocycles. The Hall–Kier alpha value is -4.18. The molecule has 9 nitrogen and oxygen atoms in total. The average molecular weight is 691 g/mol. The van der Waals surface area contributed by atoms with Crippen LogP contribution in [0.25, 0.3) is 10.9 Å². The summed E-state index contributed by atoms with van der Waals surface area (Å²) in [5, 5.41) is 6.73. The maximum Gasteiger partial charge on any atom is 0.407 e. The van der Waals surface area contributed by atoms with E-state index in [1.54, 1.807) is 33.9 Å². The van der Waals surface area contributed by atoms with Gasteiger partial charge in [-0.3, -0.25) is 9.59 Å². The number of ether oxygens (including phenoxy) is 2. The van der Waals surface area contributed by atoms with Gasteiger partial charge in [0.2, 0.25) is 5.91 Å². The predicted molar refractivity (Wildman–Crippen MR) is 197 cm³/mol. The van der Waals surface area contributed by atoms with Gasteiger partial charge in [0, 0.05) is 74.1 Å². The maximum atomic E-state index is 15.2. The third-order valence-electron chi connectivity index (χ3n) is 9.04. The lowest BCUT2D eigenvalue weighted by atomic mass is 9.91. The van der Waals surface area contributed by atoms with E-state index in [2.05, 4.69) is 21.8 Å². The molecule has 0 spiro atoms. The number of hydrogen-bond donors (Lipinski definition) is 2. The standard InChI is InChI=1S/C40H55FN4O5/c1-26(2)22-27(3)38(47)42-31-17-15-29(16-18-31)23-32(43-39(48)50-40(5,6)7)24-35(46)44-19-10-12-30(25-44)36-28(4)33-13-9-14-34(41)37(33)45(36)20-11-21-49-8/h9,13-18,26,30,32H,3,10-12,19-25H2,1-2,4-8H3,(H,42,47)(H,43,48). The molecule has 2 unspecified atom stereocenters. The minimum Gasteiger partial charge on any atom is -0.444 e. The lowest BCUT2D eigenvalue weighted by Gasteiger charge is -2.35. The number of nitrogens with one attached hydrogen (secondary N) is 2. The fourth-order valence-electron chi connectivity index (χ4n) is 6.91. The number of likely N-dealkylation sites (tertiary alicyclic amines) is 1. The van der Waals surface area contributed by atoms with Gasteiger partial charge in [0.15, 0.2) is 0 Å². The van der Waals surface area contributed by atoms with Crippen LogP contribution in [0.1, 0.15) is 89.5 Å². The maximum absolute atomic E-state index is 15.2. The second kappa shape index (κ2) is 17.2. The number of carbonyl (C=O) groups excluding carboxylic acids is 3. The fourth-order valence-corrected chi connectivity index (χ4v) is 6.91. The molecule has 0 aliphatic carbocycles. The van der Waals surface area contributed by atoms with E-state index in [9.17, 15) is 14.4 Å². The highest BCUT2D eigenvalue weighted by atomic mass is 19.1.